The maximum atomic E-state index is 12.4. The minimum atomic E-state index is -5.83. The van der Waals surface area contributed by atoms with Gasteiger partial charge in [-0.3, -0.25) is 13.9 Å². The lowest BCUT2D eigenvalue weighted by Gasteiger charge is -2.23. The smallest absolute Gasteiger partial charge is 0.463 e. The van der Waals surface area contributed by atoms with Crippen LogP contribution in [-0.4, -0.2) is 75.1 Å². The number of carbonyl (C=O) groups excluding carboxylic acids is 1. The van der Waals surface area contributed by atoms with Crippen LogP contribution in [0.15, 0.2) is 12.7 Å². The zero-order chi connectivity index (χ0) is 26.9. The summed E-state index contributed by atoms with van der Waals surface area (Å²) in [5.41, 5.74) is 5.96. The summed E-state index contributed by atoms with van der Waals surface area (Å²) >= 11 is 0. The van der Waals surface area contributed by atoms with Crippen LogP contribution in [0.1, 0.15) is 26.0 Å². The highest BCUT2D eigenvalue weighted by Crippen LogP contribution is 2.67. The molecule has 0 aliphatic carbocycles. The average molecular weight is 577 g/mol. The van der Waals surface area contributed by atoms with Crippen LogP contribution in [0.3, 0.4) is 0 Å². The minimum Gasteiger partial charge on any atom is -0.463 e. The Labute approximate surface area is 201 Å². The van der Waals surface area contributed by atoms with Crippen molar-refractivity contribution >= 4 is 46.4 Å². The number of hydrogen-bond donors (Lipinski definition) is 6. The molecule has 2 unspecified atom stereocenters. The number of rotatable bonds is 11. The van der Waals surface area contributed by atoms with Crippen molar-refractivity contribution in [2.75, 3.05) is 12.3 Å². The predicted molar refractivity (Wildman–Crippen MR) is 114 cm³/mol. The molecule has 202 valence electrons. The number of anilines is 1. The number of fused-ring (bicyclic) bond motifs is 1. The zero-order valence-electron chi connectivity index (χ0n) is 18.2. The van der Waals surface area contributed by atoms with Gasteiger partial charge in [-0.15, -0.1) is 0 Å². The summed E-state index contributed by atoms with van der Waals surface area (Å²) in [4.78, 5) is 60.2. The molecule has 19 nitrogen and oxygen atoms in total. The first-order valence-corrected chi connectivity index (χ1v) is 14.4. The molecule has 3 rings (SSSR count). The Bertz CT molecular complexity index is 1250. The Hall–Kier alpha value is -1.85. The van der Waals surface area contributed by atoms with Crippen LogP contribution >= 0.6 is 23.5 Å². The maximum Gasteiger partial charge on any atom is 0.490 e. The Morgan fingerprint density at radius 2 is 1.83 bits per heavy atom. The van der Waals surface area contributed by atoms with E-state index in [-0.39, 0.29) is 23.4 Å². The van der Waals surface area contributed by atoms with Crippen LogP contribution < -0.4 is 5.73 Å². The Kier molecular flexibility index (Phi) is 8.67. The second-order valence-electron chi connectivity index (χ2n) is 7.23. The molecule has 1 fully saturated rings. The van der Waals surface area contributed by atoms with Crippen molar-refractivity contribution in [1.29, 1.82) is 0 Å². The average Bonchev–Trinajstić information content (AvgIpc) is 3.26. The third-order valence-electron chi connectivity index (χ3n) is 4.50. The standard InChI is InChI=1S/C14H22N5O14P3/c1-2-3-8(20)29-4-7-11(31-35(25,26)33-36(27,28)32-34(22,23)24)10(21)14(30-7)19-6-18-9-12(15)16-5-17-13(9)19/h5-7,10-11,14,21H,2-4H2,1H3,(H,25,26)(H,27,28)(H2,15,16,17)(H2,22,23,24)/t7-,10-,11-,14-/m1/s1. The summed E-state index contributed by atoms with van der Waals surface area (Å²) in [6, 6.07) is 0. The molecule has 36 heavy (non-hydrogen) atoms. The van der Waals surface area contributed by atoms with Crippen molar-refractivity contribution in [3.8, 4) is 0 Å². The van der Waals surface area contributed by atoms with E-state index in [1.807, 2.05) is 0 Å². The van der Waals surface area contributed by atoms with E-state index >= 15 is 0 Å². The summed E-state index contributed by atoms with van der Waals surface area (Å²) in [7, 11) is -17.1. The Balaban J connectivity index is 1.87. The van der Waals surface area contributed by atoms with Gasteiger partial charge in [0.2, 0.25) is 0 Å². The van der Waals surface area contributed by atoms with E-state index < -0.39 is 60.6 Å². The third kappa shape index (κ3) is 7.13. The number of phosphoric ester groups is 1. The third-order valence-corrected chi connectivity index (χ3v) is 8.34. The summed E-state index contributed by atoms with van der Waals surface area (Å²) in [6.45, 7) is 1.11. The Morgan fingerprint density at radius 3 is 2.47 bits per heavy atom. The second kappa shape index (κ2) is 10.9. The lowest BCUT2D eigenvalue weighted by molar-refractivity contribution is -0.149. The van der Waals surface area contributed by atoms with Crippen molar-refractivity contribution in [3.63, 3.8) is 0 Å². The van der Waals surface area contributed by atoms with Crippen LogP contribution in [0.4, 0.5) is 5.82 Å². The molecule has 2 aromatic rings. The molecule has 7 N–H and O–H groups in total. The maximum absolute atomic E-state index is 12.4. The fraction of sp³-hybridized carbons (Fsp3) is 0.571. The molecule has 0 spiro atoms. The largest absolute Gasteiger partial charge is 0.490 e. The fourth-order valence-corrected chi connectivity index (χ4v) is 6.40. The van der Waals surface area contributed by atoms with Crippen LogP contribution in [-0.2, 0) is 41.1 Å². The van der Waals surface area contributed by atoms with Gasteiger partial charge < -0.3 is 39.9 Å². The first-order chi connectivity index (χ1) is 16.6. The van der Waals surface area contributed by atoms with Crippen LogP contribution in [0, 0.1) is 0 Å². The number of imidazole rings is 1. The number of aliphatic hydroxyl groups is 1. The van der Waals surface area contributed by atoms with Gasteiger partial charge in [0.1, 0.15) is 36.8 Å². The Morgan fingerprint density at radius 1 is 1.14 bits per heavy atom. The zero-order valence-corrected chi connectivity index (χ0v) is 20.9. The molecule has 0 saturated carbocycles. The van der Waals surface area contributed by atoms with Crippen molar-refractivity contribution in [2.24, 2.45) is 0 Å². The molecule has 1 aliphatic rings. The molecule has 0 aromatic carbocycles. The topological polar surface area (TPSA) is 285 Å². The van der Waals surface area contributed by atoms with Crippen molar-refractivity contribution in [3.05, 3.63) is 12.7 Å². The molecular weight excluding hydrogens is 555 g/mol. The SMILES string of the molecule is CCCC(=O)OC[C@H]1O[C@@H](n2cnc3c(N)ncnc32)[C@H](O)[C@@H]1OP(=O)(O)OP(=O)(O)OP(=O)(O)O. The molecule has 1 aliphatic heterocycles. The summed E-state index contributed by atoms with van der Waals surface area (Å²) in [6.07, 6.45) is -3.82. The second-order valence-corrected chi connectivity index (χ2v) is 11.6. The van der Waals surface area contributed by atoms with Gasteiger partial charge in [-0.1, -0.05) is 6.92 Å². The number of aromatic nitrogens is 4. The van der Waals surface area contributed by atoms with E-state index in [2.05, 4.69) is 23.6 Å². The number of ether oxygens (including phenoxy) is 2. The van der Waals surface area contributed by atoms with E-state index in [1.54, 1.807) is 6.92 Å². The highest BCUT2D eigenvalue weighted by atomic mass is 31.3. The number of phosphoric acid groups is 3. The van der Waals surface area contributed by atoms with E-state index in [9.17, 15) is 33.4 Å². The molecule has 2 aromatic heterocycles. The summed E-state index contributed by atoms with van der Waals surface area (Å²) < 4.78 is 58.9. The molecule has 6 atom stereocenters. The van der Waals surface area contributed by atoms with Gasteiger partial charge in [-0.25, -0.2) is 28.6 Å². The number of nitrogen functional groups attached to an aromatic ring is 1. The number of hydrogen-bond acceptors (Lipinski definition) is 14. The normalized spacial score (nSPS) is 25.9. The highest BCUT2D eigenvalue weighted by molar-refractivity contribution is 7.66. The van der Waals surface area contributed by atoms with E-state index in [1.165, 1.54) is 4.57 Å². The van der Waals surface area contributed by atoms with Gasteiger partial charge in [-0.2, -0.15) is 8.62 Å². The van der Waals surface area contributed by atoms with Crippen molar-refractivity contribution in [1.82, 2.24) is 19.5 Å². The molecule has 3 heterocycles. The van der Waals surface area contributed by atoms with Crippen LogP contribution in [0.5, 0.6) is 0 Å². The van der Waals surface area contributed by atoms with Gasteiger partial charge in [0, 0.05) is 6.42 Å². The summed E-state index contributed by atoms with van der Waals surface area (Å²) in [5, 5.41) is 10.8. The quantitative estimate of drug-likeness (QED) is 0.148. The van der Waals surface area contributed by atoms with Crippen LogP contribution in [0.2, 0.25) is 0 Å². The summed E-state index contributed by atoms with van der Waals surface area (Å²) in [5.74, 6) is -0.661. The molecule has 0 radical (unpaired) electrons. The van der Waals surface area contributed by atoms with Crippen molar-refractivity contribution in [2.45, 2.75) is 44.3 Å². The fourth-order valence-electron chi connectivity index (χ4n) is 3.17. The molecule has 22 heteroatoms. The minimum absolute atomic E-state index is 0.00101. The lowest BCUT2D eigenvalue weighted by Crippen LogP contribution is -2.36. The molecule has 0 amide bonds. The monoisotopic (exact) mass is 577 g/mol. The first-order valence-electron chi connectivity index (χ1n) is 9.87. The van der Waals surface area contributed by atoms with E-state index in [4.69, 9.17) is 29.5 Å². The number of esters is 1. The van der Waals surface area contributed by atoms with Crippen molar-refractivity contribution < 1.29 is 65.8 Å². The molecule has 1 saturated heterocycles. The van der Waals surface area contributed by atoms with E-state index in [0.29, 0.717) is 6.42 Å². The van der Waals surface area contributed by atoms with E-state index in [0.717, 1.165) is 12.7 Å². The number of nitrogens with zero attached hydrogens (tertiary/aromatic N) is 4. The number of carbonyl (C=O) groups is 1. The number of nitrogens with two attached hydrogens (primary N) is 1. The first kappa shape index (κ1) is 28.7. The van der Waals surface area contributed by atoms with Gasteiger partial charge in [-0.05, 0) is 6.42 Å². The lowest BCUT2D eigenvalue weighted by atomic mass is 10.1. The molecule has 0 bridgehead atoms. The van der Waals surface area contributed by atoms with Gasteiger partial charge >= 0.3 is 29.4 Å². The van der Waals surface area contributed by atoms with Gasteiger partial charge in [0.15, 0.2) is 17.7 Å². The predicted octanol–water partition coefficient (Wildman–Crippen LogP) is -0.278. The highest BCUT2D eigenvalue weighted by Gasteiger charge is 2.51. The number of aliphatic hydroxyl groups excluding tert-OH is 1. The van der Waals surface area contributed by atoms with Crippen LogP contribution in [0.25, 0.3) is 11.2 Å². The molecular formula is C14H22N5O14P3. The van der Waals surface area contributed by atoms with Gasteiger partial charge in [0.05, 0.1) is 6.33 Å². The van der Waals surface area contributed by atoms with Gasteiger partial charge in [0.25, 0.3) is 0 Å².